The SMILES string of the molecule is CCc1noc(CC)c1CNC(=NC)NCc1nccn1CCCc1ccccc1. The Hall–Kier alpha value is -3.09. The van der Waals surface area contributed by atoms with Crippen molar-refractivity contribution < 1.29 is 4.52 Å². The number of aryl methyl sites for hydroxylation is 4. The van der Waals surface area contributed by atoms with Gasteiger partial charge in [0.1, 0.15) is 11.6 Å². The summed E-state index contributed by atoms with van der Waals surface area (Å²) in [6.07, 6.45) is 7.72. The van der Waals surface area contributed by atoms with Gasteiger partial charge in [-0.05, 0) is 24.8 Å². The number of nitrogens with zero attached hydrogens (tertiary/aromatic N) is 4. The summed E-state index contributed by atoms with van der Waals surface area (Å²) in [5.74, 6) is 2.67. The van der Waals surface area contributed by atoms with E-state index in [-0.39, 0.29) is 0 Å². The Morgan fingerprint density at radius 2 is 1.90 bits per heavy atom. The van der Waals surface area contributed by atoms with E-state index in [0.717, 1.165) is 61.0 Å². The number of aromatic nitrogens is 3. The summed E-state index contributed by atoms with van der Waals surface area (Å²) in [7, 11) is 1.77. The van der Waals surface area contributed by atoms with E-state index in [2.05, 4.69) is 74.5 Å². The van der Waals surface area contributed by atoms with E-state index in [9.17, 15) is 0 Å². The molecule has 30 heavy (non-hydrogen) atoms. The van der Waals surface area contributed by atoms with Gasteiger partial charge in [-0.25, -0.2) is 4.98 Å². The second-order valence-corrected chi connectivity index (χ2v) is 7.14. The Labute approximate surface area is 178 Å². The smallest absolute Gasteiger partial charge is 0.191 e. The molecule has 7 nitrogen and oxygen atoms in total. The lowest BCUT2D eigenvalue weighted by molar-refractivity contribution is 0.380. The van der Waals surface area contributed by atoms with E-state index in [1.807, 2.05) is 12.4 Å². The van der Waals surface area contributed by atoms with Crippen LogP contribution in [0.15, 0.2) is 52.2 Å². The van der Waals surface area contributed by atoms with Crippen molar-refractivity contribution in [1.82, 2.24) is 25.3 Å². The number of guanidine groups is 1. The standard InChI is InChI=1S/C23H32N6O/c1-4-20-19(21(5-2)30-28-20)16-26-23(24-3)27-17-22-25-13-15-29(22)14-9-12-18-10-7-6-8-11-18/h6-8,10-11,13,15H,4-5,9,12,14,16-17H2,1-3H3,(H2,24,26,27). The van der Waals surface area contributed by atoms with E-state index in [4.69, 9.17) is 4.52 Å². The van der Waals surface area contributed by atoms with E-state index in [1.165, 1.54) is 5.56 Å². The number of nitrogens with one attached hydrogen (secondary N) is 2. The van der Waals surface area contributed by atoms with E-state index in [0.29, 0.717) is 13.1 Å². The van der Waals surface area contributed by atoms with Crippen LogP contribution in [-0.4, -0.2) is 27.7 Å². The summed E-state index contributed by atoms with van der Waals surface area (Å²) in [6, 6.07) is 10.6. The maximum atomic E-state index is 5.44. The molecule has 7 heteroatoms. The fourth-order valence-electron chi connectivity index (χ4n) is 3.50. The fourth-order valence-corrected chi connectivity index (χ4v) is 3.50. The third kappa shape index (κ3) is 5.72. The predicted octanol–water partition coefficient (Wildman–Crippen LogP) is 3.49. The third-order valence-electron chi connectivity index (χ3n) is 5.19. The summed E-state index contributed by atoms with van der Waals surface area (Å²) in [5.41, 5.74) is 3.50. The highest BCUT2D eigenvalue weighted by molar-refractivity contribution is 5.79. The molecule has 0 radical (unpaired) electrons. The predicted molar refractivity (Wildman–Crippen MR) is 119 cm³/mol. The van der Waals surface area contributed by atoms with Gasteiger partial charge in [0.05, 0.1) is 12.2 Å². The molecule has 2 heterocycles. The van der Waals surface area contributed by atoms with Crippen LogP contribution in [0.1, 0.15) is 48.7 Å². The molecule has 0 saturated carbocycles. The lowest BCUT2D eigenvalue weighted by atomic mass is 10.1. The lowest BCUT2D eigenvalue weighted by Gasteiger charge is -2.13. The Morgan fingerprint density at radius 3 is 2.63 bits per heavy atom. The molecular formula is C23H32N6O. The van der Waals surface area contributed by atoms with Crippen LogP contribution in [0, 0.1) is 0 Å². The summed E-state index contributed by atoms with van der Waals surface area (Å²) in [5, 5.41) is 10.9. The molecule has 3 rings (SSSR count). The van der Waals surface area contributed by atoms with Gasteiger partial charge in [0, 0.05) is 44.5 Å². The quantitative estimate of drug-likeness (QED) is 0.396. The number of benzene rings is 1. The van der Waals surface area contributed by atoms with Crippen LogP contribution >= 0.6 is 0 Å². The molecular weight excluding hydrogens is 376 g/mol. The zero-order valence-corrected chi connectivity index (χ0v) is 18.2. The monoisotopic (exact) mass is 408 g/mol. The first kappa shape index (κ1) is 21.6. The highest BCUT2D eigenvalue weighted by atomic mass is 16.5. The summed E-state index contributed by atoms with van der Waals surface area (Å²) >= 11 is 0. The molecule has 160 valence electrons. The number of hydrogen-bond donors (Lipinski definition) is 2. The number of rotatable bonds is 10. The normalized spacial score (nSPS) is 11.6. The zero-order chi connectivity index (χ0) is 21.2. The molecule has 2 N–H and O–H groups in total. The Morgan fingerprint density at radius 1 is 1.10 bits per heavy atom. The molecule has 3 aromatic rings. The molecule has 2 aromatic heterocycles. The minimum atomic E-state index is 0.614. The molecule has 0 amide bonds. The highest BCUT2D eigenvalue weighted by Gasteiger charge is 2.14. The Kier molecular flexibility index (Phi) is 8.06. The zero-order valence-electron chi connectivity index (χ0n) is 18.2. The summed E-state index contributed by atoms with van der Waals surface area (Å²) < 4.78 is 7.64. The fraction of sp³-hybridized carbons (Fsp3) is 0.435. The molecule has 1 aromatic carbocycles. The van der Waals surface area contributed by atoms with E-state index < -0.39 is 0 Å². The van der Waals surface area contributed by atoms with Crippen LogP contribution in [0.3, 0.4) is 0 Å². The summed E-state index contributed by atoms with van der Waals surface area (Å²) in [4.78, 5) is 8.84. The summed E-state index contributed by atoms with van der Waals surface area (Å²) in [6.45, 7) is 6.36. The van der Waals surface area contributed by atoms with Gasteiger partial charge in [0.25, 0.3) is 0 Å². The van der Waals surface area contributed by atoms with Crippen LogP contribution in [0.4, 0.5) is 0 Å². The highest BCUT2D eigenvalue weighted by Crippen LogP contribution is 2.15. The minimum absolute atomic E-state index is 0.614. The topological polar surface area (TPSA) is 80.3 Å². The van der Waals surface area contributed by atoms with Gasteiger partial charge in [-0.3, -0.25) is 4.99 Å². The van der Waals surface area contributed by atoms with Crippen molar-refractivity contribution in [2.45, 2.75) is 59.2 Å². The van der Waals surface area contributed by atoms with Crippen molar-refractivity contribution in [2.75, 3.05) is 7.05 Å². The second kappa shape index (κ2) is 11.2. The first-order valence-electron chi connectivity index (χ1n) is 10.7. The van der Waals surface area contributed by atoms with Crippen LogP contribution in [0.25, 0.3) is 0 Å². The van der Waals surface area contributed by atoms with Crippen LogP contribution in [0.5, 0.6) is 0 Å². The first-order chi connectivity index (χ1) is 14.7. The van der Waals surface area contributed by atoms with E-state index >= 15 is 0 Å². The van der Waals surface area contributed by atoms with Gasteiger partial charge in [-0.15, -0.1) is 0 Å². The molecule has 0 unspecified atom stereocenters. The maximum Gasteiger partial charge on any atom is 0.191 e. The largest absolute Gasteiger partial charge is 0.361 e. The van der Waals surface area contributed by atoms with Gasteiger partial charge in [-0.2, -0.15) is 0 Å². The molecule has 0 saturated heterocycles. The van der Waals surface area contributed by atoms with Gasteiger partial charge < -0.3 is 19.7 Å². The average Bonchev–Trinajstić information content (AvgIpc) is 3.40. The first-order valence-corrected chi connectivity index (χ1v) is 10.7. The minimum Gasteiger partial charge on any atom is -0.361 e. The van der Waals surface area contributed by atoms with Gasteiger partial charge in [0.15, 0.2) is 5.96 Å². The van der Waals surface area contributed by atoms with Crippen LogP contribution in [0.2, 0.25) is 0 Å². The molecule has 0 fully saturated rings. The van der Waals surface area contributed by atoms with Crippen LogP contribution in [-0.2, 0) is 38.9 Å². The van der Waals surface area contributed by atoms with Gasteiger partial charge in [-0.1, -0.05) is 49.3 Å². The van der Waals surface area contributed by atoms with Crippen molar-refractivity contribution in [1.29, 1.82) is 0 Å². The molecule has 0 aliphatic rings. The maximum absolute atomic E-state index is 5.44. The Balaban J connectivity index is 1.50. The van der Waals surface area contributed by atoms with Crippen molar-refractivity contribution in [2.24, 2.45) is 4.99 Å². The van der Waals surface area contributed by atoms with Gasteiger partial charge in [0.2, 0.25) is 0 Å². The molecule has 0 aliphatic carbocycles. The van der Waals surface area contributed by atoms with Gasteiger partial charge >= 0.3 is 0 Å². The van der Waals surface area contributed by atoms with Crippen molar-refractivity contribution in [3.05, 3.63) is 71.1 Å². The number of imidazole rings is 1. The Bertz CT molecular complexity index is 907. The number of aliphatic imine (C=N–C) groups is 1. The lowest BCUT2D eigenvalue weighted by Crippen LogP contribution is -2.37. The van der Waals surface area contributed by atoms with Crippen molar-refractivity contribution in [3.8, 4) is 0 Å². The van der Waals surface area contributed by atoms with Crippen LogP contribution < -0.4 is 10.6 Å². The van der Waals surface area contributed by atoms with Crippen molar-refractivity contribution in [3.63, 3.8) is 0 Å². The second-order valence-electron chi connectivity index (χ2n) is 7.14. The van der Waals surface area contributed by atoms with E-state index in [1.54, 1.807) is 7.05 Å². The molecule has 0 atom stereocenters. The molecule has 0 bridgehead atoms. The molecule has 0 spiro atoms. The average molecular weight is 409 g/mol. The number of hydrogen-bond acceptors (Lipinski definition) is 4. The third-order valence-corrected chi connectivity index (χ3v) is 5.19. The van der Waals surface area contributed by atoms with Crippen molar-refractivity contribution >= 4 is 5.96 Å². The molecule has 0 aliphatic heterocycles.